The summed E-state index contributed by atoms with van der Waals surface area (Å²) in [4.78, 5) is 15.0. The van der Waals surface area contributed by atoms with Crippen molar-refractivity contribution in [2.24, 2.45) is 0 Å². The van der Waals surface area contributed by atoms with Crippen molar-refractivity contribution in [3.63, 3.8) is 0 Å². The Balaban J connectivity index is 2.99. The fourth-order valence-corrected chi connectivity index (χ4v) is 1.60. The van der Waals surface area contributed by atoms with Crippen LogP contribution < -0.4 is 0 Å². The Bertz CT molecular complexity index is 424. The lowest BCUT2D eigenvalue weighted by molar-refractivity contribution is -0.142. The average Bonchev–Trinajstić information content (AvgIpc) is 2.21. The molecule has 0 aliphatic rings. The van der Waals surface area contributed by atoms with E-state index in [0.29, 0.717) is 5.56 Å². The molecule has 0 radical (unpaired) electrons. The zero-order valence-corrected chi connectivity index (χ0v) is 10.2. The maximum absolute atomic E-state index is 12.6. The molecule has 0 amide bonds. The topological polar surface area (TPSA) is 39.2 Å². The Kier molecular flexibility index (Phi) is 4.81. The molecule has 0 N–H and O–H groups in total. The van der Waals surface area contributed by atoms with Crippen molar-refractivity contribution in [3.8, 4) is 0 Å². The van der Waals surface area contributed by atoms with E-state index in [1.807, 2.05) is 0 Å². The molecule has 6 heteroatoms. The first-order valence-electron chi connectivity index (χ1n) is 5.05. The van der Waals surface area contributed by atoms with E-state index in [0.717, 1.165) is 0 Å². The molecule has 1 rings (SSSR count). The fourth-order valence-electron chi connectivity index (χ4n) is 1.32. The summed E-state index contributed by atoms with van der Waals surface area (Å²) in [6, 6.07) is 1.38. The summed E-state index contributed by atoms with van der Waals surface area (Å²) in [6.45, 7) is 3.57. The number of esters is 1. The third kappa shape index (κ3) is 3.63. The molecular formula is C11H12ClF2NO2. The van der Waals surface area contributed by atoms with Crippen LogP contribution in [0.4, 0.5) is 8.78 Å². The van der Waals surface area contributed by atoms with Crippen LogP contribution in [0.15, 0.2) is 6.07 Å². The number of hydrogen-bond acceptors (Lipinski definition) is 3. The van der Waals surface area contributed by atoms with Crippen LogP contribution in [0.25, 0.3) is 0 Å². The molecule has 1 aromatic rings. The van der Waals surface area contributed by atoms with Gasteiger partial charge in [-0.3, -0.25) is 4.79 Å². The molecule has 0 aliphatic heterocycles. The molecule has 0 bridgehead atoms. The predicted octanol–water partition coefficient (Wildman–Crippen LogP) is 3.09. The lowest BCUT2D eigenvalue weighted by Gasteiger charge is -2.09. The van der Waals surface area contributed by atoms with Crippen molar-refractivity contribution >= 4 is 17.6 Å². The summed E-state index contributed by atoms with van der Waals surface area (Å²) in [5.41, 5.74) is 0.354. The van der Waals surface area contributed by atoms with Crippen molar-refractivity contribution in [3.05, 3.63) is 28.0 Å². The van der Waals surface area contributed by atoms with Gasteiger partial charge in [-0.1, -0.05) is 11.6 Å². The second kappa shape index (κ2) is 5.91. The van der Waals surface area contributed by atoms with Crippen LogP contribution in [0.3, 0.4) is 0 Å². The Hall–Kier alpha value is -1.23. The van der Waals surface area contributed by atoms with Crippen molar-refractivity contribution in [2.75, 3.05) is 6.61 Å². The predicted molar refractivity (Wildman–Crippen MR) is 59.3 cm³/mol. The molecule has 0 spiro atoms. The van der Waals surface area contributed by atoms with Gasteiger partial charge in [-0.25, -0.2) is 13.8 Å². The number of aromatic nitrogens is 1. The molecule has 0 unspecified atom stereocenters. The van der Waals surface area contributed by atoms with E-state index < -0.39 is 18.1 Å². The van der Waals surface area contributed by atoms with Gasteiger partial charge in [-0.2, -0.15) is 0 Å². The number of hydrogen-bond donors (Lipinski definition) is 0. The highest BCUT2D eigenvalue weighted by Gasteiger charge is 2.18. The van der Waals surface area contributed by atoms with Crippen molar-refractivity contribution in [1.82, 2.24) is 4.98 Å². The van der Waals surface area contributed by atoms with Crippen LogP contribution in [0.1, 0.15) is 30.3 Å². The number of halogens is 3. The molecule has 0 aromatic carbocycles. The second-order valence-electron chi connectivity index (χ2n) is 3.40. The first-order valence-corrected chi connectivity index (χ1v) is 5.43. The fraction of sp³-hybridized carbons (Fsp3) is 0.455. The van der Waals surface area contributed by atoms with Crippen LogP contribution in [0, 0.1) is 6.92 Å². The number of carbonyl (C=O) groups excluding carboxylic acids is 1. The van der Waals surface area contributed by atoms with E-state index in [9.17, 15) is 13.6 Å². The number of aryl methyl sites for hydroxylation is 1. The lowest BCUT2D eigenvalue weighted by Crippen LogP contribution is -2.11. The van der Waals surface area contributed by atoms with Crippen molar-refractivity contribution in [2.45, 2.75) is 26.7 Å². The van der Waals surface area contributed by atoms with E-state index >= 15 is 0 Å². The van der Waals surface area contributed by atoms with Crippen LogP contribution in [-0.4, -0.2) is 17.6 Å². The van der Waals surface area contributed by atoms with Gasteiger partial charge >= 0.3 is 5.97 Å². The van der Waals surface area contributed by atoms with Gasteiger partial charge < -0.3 is 4.74 Å². The van der Waals surface area contributed by atoms with Crippen LogP contribution in [-0.2, 0) is 16.0 Å². The highest BCUT2D eigenvalue weighted by atomic mass is 35.5. The van der Waals surface area contributed by atoms with Crippen molar-refractivity contribution < 1.29 is 18.3 Å². The largest absolute Gasteiger partial charge is 0.466 e. The quantitative estimate of drug-likeness (QED) is 0.784. The van der Waals surface area contributed by atoms with Crippen LogP contribution in [0.2, 0.25) is 5.02 Å². The average molecular weight is 264 g/mol. The number of carbonyl (C=O) groups is 1. The molecule has 0 aliphatic carbocycles. The summed E-state index contributed by atoms with van der Waals surface area (Å²) in [5, 5.41) is -0.0925. The number of rotatable bonds is 4. The lowest BCUT2D eigenvalue weighted by atomic mass is 10.1. The molecule has 0 fully saturated rings. The number of pyridine rings is 1. The molecule has 0 atom stereocenters. The van der Waals surface area contributed by atoms with Gasteiger partial charge in [-0.15, -0.1) is 0 Å². The Morgan fingerprint density at radius 1 is 1.59 bits per heavy atom. The highest BCUT2D eigenvalue weighted by molar-refractivity contribution is 6.31. The highest BCUT2D eigenvalue weighted by Crippen LogP contribution is 2.27. The second-order valence-corrected chi connectivity index (χ2v) is 3.81. The maximum Gasteiger partial charge on any atom is 0.311 e. The minimum atomic E-state index is -2.76. The normalized spacial score (nSPS) is 10.7. The molecule has 0 saturated heterocycles. The first-order chi connectivity index (χ1) is 7.95. The molecule has 3 nitrogen and oxygen atoms in total. The SMILES string of the molecule is CCOC(=O)Cc1nc(C(F)F)c(Cl)cc1C. The molecule has 1 aromatic heterocycles. The smallest absolute Gasteiger partial charge is 0.311 e. The van der Waals surface area contributed by atoms with E-state index in [2.05, 4.69) is 4.98 Å². The molecular weight excluding hydrogens is 252 g/mol. The summed E-state index contributed by atoms with van der Waals surface area (Å²) in [6.07, 6.45) is -2.89. The van der Waals surface area contributed by atoms with Crippen LogP contribution in [0.5, 0.6) is 0 Å². The minimum absolute atomic E-state index is 0.0925. The van der Waals surface area contributed by atoms with Gasteiger partial charge in [0.1, 0.15) is 5.69 Å². The summed E-state index contributed by atoms with van der Waals surface area (Å²) in [7, 11) is 0. The summed E-state index contributed by atoms with van der Waals surface area (Å²) < 4.78 is 29.9. The summed E-state index contributed by atoms with van der Waals surface area (Å²) >= 11 is 5.64. The van der Waals surface area contributed by atoms with Crippen molar-refractivity contribution in [1.29, 1.82) is 0 Å². The van der Waals surface area contributed by atoms with Gasteiger partial charge in [0.05, 0.1) is 23.7 Å². The van der Waals surface area contributed by atoms with Gasteiger partial charge in [-0.05, 0) is 25.5 Å². The van der Waals surface area contributed by atoms with E-state index in [4.69, 9.17) is 16.3 Å². The molecule has 1 heterocycles. The van der Waals surface area contributed by atoms with Gasteiger partial charge in [0.15, 0.2) is 0 Å². The molecule has 0 saturated carbocycles. The third-order valence-corrected chi connectivity index (χ3v) is 2.43. The molecule has 17 heavy (non-hydrogen) atoms. The number of nitrogens with zero attached hydrogens (tertiary/aromatic N) is 1. The van der Waals surface area contributed by atoms with E-state index in [1.165, 1.54) is 6.07 Å². The Morgan fingerprint density at radius 2 is 2.24 bits per heavy atom. The van der Waals surface area contributed by atoms with Gasteiger partial charge in [0.25, 0.3) is 6.43 Å². The van der Waals surface area contributed by atoms with E-state index in [1.54, 1.807) is 13.8 Å². The van der Waals surface area contributed by atoms with Gasteiger partial charge in [0.2, 0.25) is 0 Å². The summed E-state index contributed by atoms with van der Waals surface area (Å²) in [5.74, 6) is -0.495. The zero-order valence-electron chi connectivity index (χ0n) is 9.47. The standard InChI is InChI=1S/C11H12ClF2NO2/c1-3-17-9(16)5-8-6(2)4-7(12)10(15-8)11(13)14/h4,11H,3,5H2,1-2H3. The Morgan fingerprint density at radius 3 is 2.76 bits per heavy atom. The van der Waals surface area contributed by atoms with Gasteiger partial charge in [0, 0.05) is 0 Å². The number of ether oxygens (including phenoxy) is 1. The van der Waals surface area contributed by atoms with E-state index in [-0.39, 0.29) is 23.7 Å². The molecule has 94 valence electrons. The monoisotopic (exact) mass is 263 g/mol. The zero-order chi connectivity index (χ0) is 13.0. The number of alkyl halides is 2. The minimum Gasteiger partial charge on any atom is -0.466 e. The first kappa shape index (κ1) is 13.8. The van der Waals surface area contributed by atoms with Crippen LogP contribution >= 0.6 is 11.6 Å². The maximum atomic E-state index is 12.6. The third-order valence-electron chi connectivity index (χ3n) is 2.12. The Labute approximate surface area is 103 Å².